The lowest BCUT2D eigenvalue weighted by Crippen LogP contribution is -2.39. The van der Waals surface area contributed by atoms with Crippen LogP contribution < -0.4 is 10.6 Å². The van der Waals surface area contributed by atoms with Crippen LogP contribution in [0.5, 0.6) is 0 Å². The van der Waals surface area contributed by atoms with Gasteiger partial charge in [0.1, 0.15) is 6.04 Å². The maximum Gasteiger partial charge on any atom is 0.242 e. The number of carbonyl (C=O) groups is 1. The summed E-state index contributed by atoms with van der Waals surface area (Å²) in [6, 6.07) is 7.88. The summed E-state index contributed by atoms with van der Waals surface area (Å²) in [5.74, 6) is 0.0538. The maximum atomic E-state index is 12.0. The van der Waals surface area contributed by atoms with E-state index in [1.165, 1.54) is 5.56 Å². The van der Waals surface area contributed by atoms with Crippen LogP contribution in [0.1, 0.15) is 12.0 Å². The molecule has 110 valence electrons. The Morgan fingerprint density at radius 2 is 2.20 bits per heavy atom. The molecule has 1 aliphatic rings. The molecule has 0 saturated heterocycles. The standard InChI is InChI=1S/C15H22N2O3/c1-19-9-10-20-8-4-7-16-15(18)14-11-12-5-2-3-6-13(12)17-14/h2-3,5-6,14,17H,4,7-11H2,1H3,(H,16,18)/t14-/m0/s1. The van der Waals surface area contributed by atoms with Gasteiger partial charge in [-0.3, -0.25) is 4.79 Å². The molecule has 0 spiro atoms. The van der Waals surface area contributed by atoms with E-state index in [0.29, 0.717) is 26.4 Å². The number of anilines is 1. The fraction of sp³-hybridized carbons (Fsp3) is 0.533. The van der Waals surface area contributed by atoms with Gasteiger partial charge in [0.15, 0.2) is 0 Å². The quantitative estimate of drug-likeness (QED) is 0.701. The number of methoxy groups -OCH3 is 1. The van der Waals surface area contributed by atoms with E-state index in [0.717, 1.165) is 18.5 Å². The van der Waals surface area contributed by atoms with E-state index < -0.39 is 0 Å². The molecule has 2 rings (SSSR count). The molecule has 0 saturated carbocycles. The SMILES string of the molecule is COCCOCCCNC(=O)[C@@H]1Cc2ccccc2N1. The highest BCUT2D eigenvalue weighted by Crippen LogP contribution is 2.24. The first-order valence-electron chi connectivity index (χ1n) is 7.00. The van der Waals surface area contributed by atoms with Crippen LogP contribution in [0.3, 0.4) is 0 Å². The molecule has 0 unspecified atom stereocenters. The van der Waals surface area contributed by atoms with Gasteiger partial charge in [-0.25, -0.2) is 0 Å². The molecule has 0 aromatic heterocycles. The second-order valence-corrected chi connectivity index (χ2v) is 4.81. The van der Waals surface area contributed by atoms with Crippen molar-refractivity contribution in [2.24, 2.45) is 0 Å². The summed E-state index contributed by atoms with van der Waals surface area (Å²) >= 11 is 0. The minimum atomic E-state index is -0.151. The number of hydrogen-bond acceptors (Lipinski definition) is 4. The molecule has 1 amide bonds. The third-order valence-electron chi connectivity index (χ3n) is 3.28. The molecule has 0 bridgehead atoms. The van der Waals surface area contributed by atoms with Gasteiger partial charge in [0.25, 0.3) is 0 Å². The van der Waals surface area contributed by atoms with E-state index in [9.17, 15) is 4.79 Å². The summed E-state index contributed by atoms with van der Waals surface area (Å²) in [5, 5.41) is 6.18. The van der Waals surface area contributed by atoms with Crippen LogP contribution in [0.25, 0.3) is 0 Å². The van der Waals surface area contributed by atoms with Crippen LogP contribution in [-0.2, 0) is 20.7 Å². The van der Waals surface area contributed by atoms with Gasteiger partial charge >= 0.3 is 0 Å². The fourth-order valence-electron chi connectivity index (χ4n) is 2.21. The molecule has 5 heteroatoms. The Hall–Kier alpha value is -1.59. The van der Waals surface area contributed by atoms with Crippen LogP contribution >= 0.6 is 0 Å². The van der Waals surface area contributed by atoms with Gasteiger partial charge in [-0.2, -0.15) is 0 Å². The zero-order valence-electron chi connectivity index (χ0n) is 11.9. The van der Waals surface area contributed by atoms with Crippen molar-refractivity contribution in [3.05, 3.63) is 29.8 Å². The highest BCUT2D eigenvalue weighted by molar-refractivity contribution is 5.87. The average Bonchev–Trinajstić information content (AvgIpc) is 2.90. The molecular formula is C15H22N2O3. The second kappa shape index (κ2) is 7.87. The van der Waals surface area contributed by atoms with Gasteiger partial charge < -0.3 is 20.1 Å². The molecule has 0 fully saturated rings. The van der Waals surface area contributed by atoms with E-state index in [1.54, 1.807) is 7.11 Å². The van der Waals surface area contributed by atoms with Gasteiger partial charge in [0, 0.05) is 32.4 Å². The third kappa shape index (κ3) is 4.21. The zero-order valence-corrected chi connectivity index (χ0v) is 11.9. The van der Waals surface area contributed by atoms with E-state index in [2.05, 4.69) is 16.7 Å². The summed E-state index contributed by atoms with van der Waals surface area (Å²) < 4.78 is 10.2. The summed E-state index contributed by atoms with van der Waals surface area (Å²) in [4.78, 5) is 12.0. The molecule has 1 heterocycles. The normalized spacial score (nSPS) is 16.6. The lowest BCUT2D eigenvalue weighted by molar-refractivity contribution is -0.121. The number of para-hydroxylation sites is 1. The number of ether oxygens (including phenoxy) is 2. The van der Waals surface area contributed by atoms with Crippen molar-refractivity contribution in [2.75, 3.05) is 38.8 Å². The largest absolute Gasteiger partial charge is 0.382 e. The van der Waals surface area contributed by atoms with E-state index in [4.69, 9.17) is 9.47 Å². The third-order valence-corrected chi connectivity index (χ3v) is 3.28. The topological polar surface area (TPSA) is 59.6 Å². The lowest BCUT2D eigenvalue weighted by atomic mass is 10.1. The Morgan fingerprint density at radius 1 is 1.35 bits per heavy atom. The molecule has 1 aromatic carbocycles. The van der Waals surface area contributed by atoms with Crippen molar-refractivity contribution in [1.29, 1.82) is 0 Å². The van der Waals surface area contributed by atoms with Crippen LogP contribution in [0.4, 0.5) is 5.69 Å². The van der Waals surface area contributed by atoms with Crippen molar-refractivity contribution in [3.63, 3.8) is 0 Å². The van der Waals surface area contributed by atoms with Crippen molar-refractivity contribution in [2.45, 2.75) is 18.9 Å². The average molecular weight is 278 g/mol. The molecule has 0 aliphatic carbocycles. The van der Waals surface area contributed by atoms with Crippen molar-refractivity contribution in [1.82, 2.24) is 5.32 Å². The number of fused-ring (bicyclic) bond motifs is 1. The van der Waals surface area contributed by atoms with Crippen LogP contribution in [0.2, 0.25) is 0 Å². The first-order chi connectivity index (χ1) is 9.81. The molecule has 2 N–H and O–H groups in total. The maximum absolute atomic E-state index is 12.0. The molecular weight excluding hydrogens is 256 g/mol. The predicted octanol–water partition coefficient (Wildman–Crippen LogP) is 1.19. The van der Waals surface area contributed by atoms with E-state index in [1.807, 2.05) is 18.2 Å². The Morgan fingerprint density at radius 3 is 3.00 bits per heavy atom. The van der Waals surface area contributed by atoms with Gasteiger partial charge in [0.2, 0.25) is 5.91 Å². The summed E-state index contributed by atoms with van der Waals surface area (Å²) in [5.41, 5.74) is 2.27. The van der Waals surface area contributed by atoms with Gasteiger partial charge in [-0.05, 0) is 18.1 Å². The predicted molar refractivity (Wildman–Crippen MR) is 77.9 cm³/mol. The number of nitrogens with one attached hydrogen (secondary N) is 2. The van der Waals surface area contributed by atoms with E-state index in [-0.39, 0.29) is 11.9 Å². The Labute approximate surface area is 119 Å². The molecule has 5 nitrogen and oxygen atoms in total. The number of rotatable bonds is 8. The van der Waals surface area contributed by atoms with Crippen LogP contribution in [0.15, 0.2) is 24.3 Å². The van der Waals surface area contributed by atoms with Crippen LogP contribution in [0, 0.1) is 0 Å². The summed E-state index contributed by atoms with van der Waals surface area (Å²) in [7, 11) is 1.65. The molecule has 1 aromatic rings. The van der Waals surface area contributed by atoms with Crippen molar-refractivity contribution in [3.8, 4) is 0 Å². The Bertz CT molecular complexity index is 412. The first-order valence-corrected chi connectivity index (χ1v) is 7.00. The highest BCUT2D eigenvalue weighted by atomic mass is 16.5. The molecule has 1 aliphatic heterocycles. The molecule has 0 radical (unpaired) electrons. The second-order valence-electron chi connectivity index (χ2n) is 4.81. The number of amides is 1. The van der Waals surface area contributed by atoms with Gasteiger partial charge in [-0.15, -0.1) is 0 Å². The fourth-order valence-corrected chi connectivity index (χ4v) is 2.21. The molecule has 1 atom stereocenters. The smallest absolute Gasteiger partial charge is 0.242 e. The van der Waals surface area contributed by atoms with Crippen molar-refractivity contribution >= 4 is 11.6 Å². The minimum absolute atomic E-state index is 0.0538. The number of carbonyl (C=O) groups excluding carboxylic acids is 1. The van der Waals surface area contributed by atoms with Gasteiger partial charge in [-0.1, -0.05) is 18.2 Å². The Kier molecular flexibility index (Phi) is 5.83. The highest BCUT2D eigenvalue weighted by Gasteiger charge is 2.25. The number of hydrogen-bond donors (Lipinski definition) is 2. The monoisotopic (exact) mass is 278 g/mol. The van der Waals surface area contributed by atoms with E-state index >= 15 is 0 Å². The summed E-state index contributed by atoms with van der Waals surface area (Å²) in [6.07, 6.45) is 1.57. The van der Waals surface area contributed by atoms with Crippen LogP contribution in [-0.4, -0.2) is 45.4 Å². The minimum Gasteiger partial charge on any atom is -0.382 e. The Balaban J connectivity index is 1.60. The zero-order chi connectivity index (χ0) is 14.2. The number of benzene rings is 1. The summed E-state index contributed by atoms with van der Waals surface area (Å²) in [6.45, 7) is 2.49. The van der Waals surface area contributed by atoms with Gasteiger partial charge in [0.05, 0.1) is 13.2 Å². The molecule has 20 heavy (non-hydrogen) atoms. The first kappa shape index (κ1) is 14.8. The lowest BCUT2D eigenvalue weighted by Gasteiger charge is -2.12. The van der Waals surface area contributed by atoms with Crippen molar-refractivity contribution < 1.29 is 14.3 Å².